The molecule has 1 heterocycles. The van der Waals surface area contributed by atoms with Crippen LogP contribution in [0, 0.1) is 0 Å². The Morgan fingerprint density at radius 2 is 2.12 bits per heavy atom. The number of benzene rings is 1. The van der Waals surface area contributed by atoms with E-state index < -0.39 is 5.97 Å². The number of halogens is 1. The van der Waals surface area contributed by atoms with E-state index in [0.717, 1.165) is 6.07 Å². The average molecular weight is 252 g/mol. The zero-order valence-corrected chi connectivity index (χ0v) is 9.86. The Kier molecular flexibility index (Phi) is 2.90. The van der Waals surface area contributed by atoms with Gasteiger partial charge in [-0.3, -0.25) is 4.79 Å². The van der Waals surface area contributed by atoms with Crippen LogP contribution < -0.4 is 5.43 Å². The van der Waals surface area contributed by atoms with Crippen LogP contribution in [-0.2, 0) is 6.54 Å². The maximum atomic E-state index is 11.8. The number of hydrogen-bond donors (Lipinski definition) is 1. The SMILES string of the molecule is CCn1c(C(=O)O)cc(=O)c2ccc(Cl)cc21. The van der Waals surface area contributed by atoms with Crippen molar-refractivity contribution in [3.05, 3.63) is 45.2 Å². The first-order chi connectivity index (χ1) is 8.04. The third-order valence-electron chi connectivity index (χ3n) is 2.61. The highest BCUT2D eigenvalue weighted by Gasteiger charge is 2.13. The number of carbonyl (C=O) groups is 1. The van der Waals surface area contributed by atoms with Crippen molar-refractivity contribution in [1.82, 2.24) is 4.57 Å². The summed E-state index contributed by atoms with van der Waals surface area (Å²) in [6, 6.07) is 5.97. The Hall–Kier alpha value is -1.81. The van der Waals surface area contributed by atoms with Crippen LogP contribution in [0.1, 0.15) is 17.4 Å². The van der Waals surface area contributed by atoms with Gasteiger partial charge in [0.1, 0.15) is 5.69 Å². The van der Waals surface area contributed by atoms with Gasteiger partial charge in [-0.25, -0.2) is 4.79 Å². The van der Waals surface area contributed by atoms with Crippen molar-refractivity contribution in [3.63, 3.8) is 0 Å². The van der Waals surface area contributed by atoms with Crippen LogP contribution >= 0.6 is 11.6 Å². The van der Waals surface area contributed by atoms with Crippen LogP contribution in [0.25, 0.3) is 10.9 Å². The Morgan fingerprint density at radius 3 is 2.71 bits per heavy atom. The van der Waals surface area contributed by atoms with Gasteiger partial charge in [0, 0.05) is 23.0 Å². The smallest absolute Gasteiger partial charge is 0.352 e. The number of carboxylic acid groups (broad SMARTS) is 1. The fourth-order valence-corrected chi connectivity index (χ4v) is 2.03. The molecule has 88 valence electrons. The highest BCUT2D eigenvalue weighted by molar-refractivity contribution is 6.31. The van der Waals surface area contributed by atoms with E-state index in [1.165, 1.54) is 0 Å². The summed E-state index contributed by atoms with van der Waals surface area (Å²) < 4.78 is 1.56. The number of aromatic nitrogens is 1. The molecule has 0 saturated heterocycles. The lowest BCUT2D eigenvalue weighted by Gasteiger charge is -2.12. The molecule has 0 radical (unpaired) electrons. The minimum absolute atomic E-state index is 0.0210. The monoisotopic (exact) mass is 251 g/mol. The Bertz CT molecular complexity index is 661. The number of hydrogen-bond acceptors (Lipinski definition) is 2. The predicted molar refractivity (Wildman–Crippen MR) is 65.9 cm³/mol. The summed E-state index contributed by atoms with van der Waals surface area (Å²) >= 11 is 5.87. The van der Waals surface area contributed by atoms with Gasteiger partial charge >= 0.3 is 5.97 Å². The van der Waals surface area contributed by atoms with E-state index in [1.807, 2.05) is 6.92 Å². The normalized spacial score (nSPS) is 10.7. The summed E-state index contributed by atoms with van der Waals surface area (Å²) in [7, 11) is 0. The minimum atomic E-state index is -1.12. The second-order valence-corrected chi connectivity index (χ2v) is 4.04. The zero-order chi connectivity index (χ0) is 12.6. The molecule has 0 spiro atoms. The van der Waals surface area contributed by atoms with E-state index in [9.17, 15) is 9.59 Å². The molecule has 0 atom stereocenters. The van der Waals surface area contributed by atoms with Crippen LogP contribution in [0.5, 0.6) is 0 Å². The standard InChI is InChI=1S/C12H10ClNO3/c1-2-14-9-5-7(13)3-4-8(9)11(15)6-10(14)12(16)17/h3-6H,2H2,1H3,(H,16,17). The summed E-state index contributed by atoms with van der Waals surface area (Å²) in [5.74, 6) is -1.12. The molecule has 0 fully saturated rings. The summed E-state index contributed by atoms with van der Waals surface area (Å²) in [6.07, 6.45) is 0. The van der Waals surface area contributed by atoms with E-state index >= 15 is 0 Å². The first-order valence-corrected chi connectivity index (χ1v) is 5.48. The topological polar surface area (TPSA) is 59.3 Å². The van der Waals surface area contributed by atoms with Crippen molar-refractivity contribution in [2.24, 2.45) is 0 Å². The molecule has 1 N–H and O–H groups in total. The van der Waals surface area contributed by atoms with Gasteiger partial charge in [0.2, 0.25) is 0 Å². The molecule has 0 aliphatic heterocycles. The molecule has 5 heteroatoms. The Labute approximate surface area is 102 Å². The van der Waals surface area contributed by atoms with Crippen LogP contribution in [0.2, 0.25) is 5.02 Å². The molecule has 2 aromatic rings. The number of aryl methyl sites for hydroxylation is 1. The fraction of sp³-hybridized carbons (Fsp3) is 0.167. The molecular weight excluding hydrogens is 242 g/mol. The molecule has 1 aromatic heterocycles. The second kappa shape index (κ2) is 4.22. The molecule has 0 unspecified atom stereocenters. The van der Waals surface area contributed by atoms with Gasteiger partial charge in [0.05, 0.1) is 5.52 Å². The van der Waals surface area contributed by atoms with Gasteiger partial charge in [0.25, 0.3) is 0 Å². The number of pyridine rings is 1. The Balaban J connectivity index is 2.98. The molecule has 0 bridgehead atoms. The third kappa shape index (κ3) is 1.91. The third-order valence-corrected chi connectivity index (χ3v) is 2.85. The van der Waals surface area contributed by atoms with E-state index in [2.05, 4.69) is 0 Å². The van der Waals surface area contributed by atoms with Crippen molar-refractivity contribution in [3.8, 4) is 0 Å². The van der Waals surface area contributed by atoms with Crippen LogP contribution in [0.3, 0.4) is 0 Å². The maximum Gasteiger partial charge on any atom is 0.352 e. The summed E-state index contributed by atoms with van der Waals surface area (Å²) in [4.78, 5) is 22.8. The summed E-state index contributed by atoms with van der Waals surface area (Å²) in [6.45, 7) is 2.27. The van der Waals surface area contributed by atoms with Gasteiger partial charge in [-0.15, -0.1) is 0 Å². The highest BCUT2D eigenvalue weighted by Crippen LogP contribution is 2.18. The van der Waals surface area contributed by atoms with E-state index in [0.29, 0.717) is 22.5 Å². The number of aromatic carboxylic acids is 1. The van der Waals surface area contributed by atoms with Gasteiger partial charge in [-0.1, -0.05) is 11.6 Å². The first kappa shape index (κ1) is 11.7. The van der Waals surface area contributed by atoms with E-state index in [-0.39, 0.29) is 11.1 Å². The molecule has 0 amide bonds. The first-order valence-electron chi connectivity index (χ1n) is 5.11. The maximum absolute atomic E-state index is 11.8. The molecule has 2 rings (SSSR count). The van der Waals surface area contributed by atoms with E-state index in [1.54, 1.807) is 22.8 Å². The van der Waals surface area contributed by atoms with Gasteiger partial charge < -0.3 is 9.67 Å². The van der Waals surface area contributed by atoms with Crippen molar-refractivity contribution in [2.75, 3.05) is 0 Å². The highest BCUT2D eigenvalue weighted by atomic mass is 35.5. The molecule has 1 aromatic carbocycles. The molecule has 0 aliphatic carbocycles. The van der Waals surface area contributed by atoms with Crippen LogP contribution in [-0.4, -0.2) is 15.6 Å². The summed E-state index contributed by atoms with van der Waals surface area (Å²) in [5.41, 5.74) is 0.218. The van der Waals surface area contributed by atoms with Crippen molar-refractivity contribution in [2.45, 2.75) is 13.5 Å². The minimum Gasteiger partial charge on any atom is -0.477 e. The van der Waals surface area contributed by atoms with Crippen molar-refractivity contribution in [1.29, 1.82) is 0 Å². The zero-order valence-electron chi connectivity index (χ0n) is 9.11. The molecule has 4 nitrogen and oxygen atoms in total. The second-order valence-electron chi connectivity index (χ2n) is 3.60. The van der Waals surface area contributed by atoms with Gasteiger partial charge in [0.15, 0.2) is 5.43 Å². The fourth-order valence-electron chi connectivity index (χ4n) is 1.86. The van der Waals surface area contributed by atoms with Crippen molar-refractivity contribution < 1.29 is 9.90 Å². The lowest BCUT2D eigenvalue weighted by molar-refractivity contribution is 0.0685. The summed E-state index contributed by atoms with van der Waals surface area (Å²) in [5, 5.41) is 10.0. The quantitative estimate of drug-likeness (QED) is 0.891. The van der Waals surface area contributed by atoms with Crippen molar-refractivity contribution >= 4 is 28.5 Å². The molecule has 0 saturated carbocycles. The lowest BCUT2D eigenvalue weighted by Crippen LogP contribution is -2.17. The molecular formula is C12H10ClNO3. The number of carboxylic acids is 1. The number of rotatable bonds is 2. The predicted octanol–water partition coefficient (Wildman–Crippen LogP) is 2.37. The largest absolute Gasteiger partial charge is 0.477 e. The molecule has 0 aliphatic rings. The van der Waals surface area contributed by atoms with Gasteiger partial charge in [-0.05, 0) is 25.1 Å². The molecule has 17 heavy (non-hydrogen) atoms. The Morgan fingerprint density at radius 1 is 1.41 bits per heavy atom. The average Bonchev–Trinajstić information content (AvgIpc) is 2.28. The number of fused-ring (bicyclic) bond motifs is 1. The lowest BCUT2D eigenvalue weighted by atomic mass is 10.1. The van der Waals surface area contributed by atoms with Crippen LogP contribution in [0.15, 0.2) is 29.1 Å². The van der Waals surface area contributed by atoms with Crippen LogP contribution in [0.4, 0.5) is 0 Å². The van der Waals surface area contributed by atoms with Gasteiger partial charge in [-0.2, -0.15) is 0 Å². The number of nitrogens with zero attached hydrogens (tertiary/aromatic N) is 1. The van der Waals surface area contributed by atoms with E-state index in [4.69, 9.17) is 16.7 Å².